The molecule has 1 saturated carbocycles. The molecule has 3 heterocycles. The highest BCUT2D eigenvalue weighted by molar-refractivity contribution is 8.09. The molecule has 2 aliphatic rings. The molecule has 210 valence electrons. The minimum Gasteiger partial charge on any atom is -0.468 e. The van der Waals surface area contributed by atoms with Gasteiger partial charge >= 0.3 is 12.6 Å². The van der Waals surface area contributed by atoms with Crippen LogP contribution in [0.4, 0.5) is 20.5 Å². The molecule has 0 amide bonds. The summed E-state index contributed by atoms with van der Waals surface area (Å²) in [6.07, 6.45) is -2.45. The number of nitrogens with one attached hydrogen (secondary N) is 2. The molecule has 17 heteroatoms. The normalized spacial score (nSPS) is 31.8. The molecule has 2 unspecified atom stereocenters. The molecule has 1 saturated heterocycles. The van der Waals surface area contributed by atoms with Crippen LogP contribution in [0.1, 0.15) is 20.1 Å². The number of benzene rings is 1. The number of para-hydroxylation sites is 1. The molecule has 2 fully saturated rings. The van der Waals surface area contributed by atoms with E-state index in [4.69, 9.17) is 36.1 Å². The smallest absolute Gasteiger partial charge is 0.323 e. The zero-order valence-corrected chi connectivity index (χ0v) is 22.9. The fourth-order valence-electron chi connectivity index (χ4n) is 4.62. The molecular formula is C22H26F2N7O6PS. The lowest BCUT2D eigenvalue weighted by Crippen LogP contribution is -2.45. The van der Waals surface area contributed by atoms with Gasteiger partial charge < -0.3 is 30.2 Å². The van der Waals surface area contributed by atoms with Gasteiger partial charge in [-0.2, -0.15) is 9.97 Å². The summed E-state index contributed by atoms with van der Waals surface area (Å²) in [4.78, 5) is 24.3. The number of anilines is 2. The third-order valence-corrected chi connectivity index (χ3v) is 9.13. The molecule has 5 rings (SSSR count). The van der Waals surface area contributed by atoms with Gasteiger partial charge in [0.05, 0.1) is 13.4 Å². The number of rotatable bonds is 9. The van der Waals surface area contributed by atoms with Gasteiger partial charge in [-0.25, -0.2) is 18.9 Å². The summed E-state index contributed by atoms with van der Waals surface area (Å²) in [5.41, 5.74) is 0.443. The molecule has 2 aromatic heterocycles. The number of nitrogens with two attached hydrogens (primary N) is 1. The first-order chi connectivity index (χ1) is 18.3. The third-order valence-electron chi connectivity index (χ3n) is 6.69. The summed E-state index contributed by atoms with van der Waals surface area (Å²) in [5.74, 6) is -3.38. The van der Waals surface area contributed by atoms with Crippen molar-refractivity contribution in [3.8, 4) is 5.75 Å². The minimum absolute atomic E-state index is 0.0535. The molecule has 0 radical (unpaired) electrons. The molecule has 39 heavy (non-hydrogen) atoms. The average Bonchev–Trinajstić information content (AvgIpc) is 3.13. The van der Waals surface area contributed by atoms with Crippen LogP contribution in [0.15, 0.2) is 36.7 Å². The van der Waals surface area contributed by atoms with E-state index in [-0.39, 0.29) is 28.7 Å². The Balaban J connectivity index is 1.46. The predicted molar refractivity (Wildman–Crippen MR) is 139 cm³/mol. The second-order valence-corrected chi connectivity index (χ2v) is 12.3. The molecular weight excluding hydrogens is 559 g/mol. The Morgan fingerprint density at radius 1 is 1.33 bits per heavy atom. The van der Waals surface area contributed by atoms with E-state index in [9.17, 15) is 9.90 Å². The first-order valence-corrected chi connectivity index (χ1v) is 14.3. The molecule has 0 bridgehead atoms. The maximum absolute atomic E-state index is 16.4. The molecule has 7 atom stereocenters. The number of nitrogen functional groups attached to an aromatic ring is 1. The van der Waals surface area contributed by atoms with Crippen LogP contribution in [-0.2, 0) is 30.6 Å². The third kappa shape index (κ3) is 4.13. The van der Waals surface area contributed by atoms with Crippen molar-refractivity contribution in [2.75, 3.05) is 25.2 Å². The summed E-state index contributed by atoms with van der Waals surface area (Å²) >= 11 is 5.55. The number of imidazole rings is 1. The quantitative estimate of drug-likeness (QED) is 0.213. The first kappa shape index (κ1) is 27.6. The van der Waals surface area contributed by atoms with Crippen LogP contribution < -0.4 is 20.7 Å². The second-order valence-electron chi connectivity index (χ2n) is 9.22. The van der Waals surface area contributed by atoms with Crippen molar-refractivity contribution in [3.05, 3.63) is 36.7 Å². The Morgan fingerprint density at radius 2 is 2.03 bits per heavy atom. The summed E-state index contributed by atoms with van der Waals surface area (Å²) < 4.78 is 55.5. The highest BCUT2D eigenvalue weighted by Gasteiger charge is 2.96. The van der Waals surface area contributed by atoms with Crippen LogP contribution in [0.2, 0.25) is 0 Å². The van der Waals surface area contributed by atoms with E-state index in [1.54, 1.807) is 37.4 Å². The Morgan fingerprint density at radius 3 is 2.62 bits per heavy atom. The molecule has 0 spiro atoms. The number of carbonyl (C=O) groups excluding carboxylic acids is 1. The number of hydrogen-bond acceptors (Lipinski definition) is 12. The zero-order valence-electron chi connectivity index (χ0n) is 21.2. The van der Waals surface area contributed by atoms with Crippen LogP contribution in [0.3, 0.4) is 0 Å². The molecule has 13 nitrogen and oxygen atoms in total. The minimum atomic E-state index is -3.82. The van der Waals surface area contributed by atoms with E-state index < -0.39 is 48.1 Å². The monoisotopic (exact) mass is 585 g/mol. The van der Waals surface area contributed by atoms with E-state index in [1.165, 1.54) is 20.4 Å². The number of fused-ring (bicyclic) bond motifs is 2. The number of carbonyl (C=O) groups is 1. The van der Waals surface area contributed by atoms with Crippen LogP contribution >= 0.6 is 6.64 Å². The van der Waals surface area contributed by atoms with Crippen molar-refractivity contribution >= 4 is 47.3 Å². The first-order valence-electron chi connectivity index (χ1n) is 11.7. The Kier molecular flexibility index (Phi) is 6.56. The van der Waals surface area contributed by atoms with Gasteiger partial charge in [-0.3, -0.25) is 13.9 Å². The van der Waals surface area contributed by atoms with Crippen LogP contribution in [0.5, 0.6) is 5.75 Å². The van der Waals surface area contributed by atoms with Crippen molar-refractivity contribution in [2.45, 2.75) is 49.3 Å². The van der Waals surface area contributed by atoms with Crippen LogP contribution in [0.25, 0.3) is 11.2 Å². The maximum Gasteiger partial charge on any atom is 0.323 e. The van der Waals surface area contributed by atoms with Crippen molar-refractivity contribution in [1.29, 1.82) is 0 Å². The molecule has 1 aliphatic carbocycles. The Hall–Kier alpha value is -3.01. The van der Waals surface area contributed by atoms with E-state index in [2.05, 4.69) is 25.4 Å². The summed E-state index contributed by atoms with van der Waals surface area (Å²) in [6.45, 7) is -1.42. The van der Waals surface area contributed by atoms with Crippen LogP contribution in [-0.4, -0.2) is 74.0 Å². The number of hydrogen-bond donors (Lipinski definition) is 4. The average molecular weight is 586 g/mol. The lowest BCUT2D eigenvalue weighted by atomic mass is 9.97. The number of aliphatic hydroxyl groups is 1. The van der Waals surface area contributed by atoms with Crippen LogP contribution in [0, 0.1) is 0 Å². The highest BCUT2D eigenvalue weighted by atomic mass is 32.5. The lowest BCUT2D eigenvalue weighted by Gasteiger charge is -2.32. The number of alkyl halides is 2. The van der Waals surface area contributed by atoms with E-state index in [0.717, 1.165) is 11.5 Å². The Labute approximate surface area is 226 Å². The SMILES string of the molecule is CNc1nc(N)nc2c1ncn2[C@@H]1O[C@]2(F)C(OP(=S)(N[C@@H](C)C(=O)OC)Oc3ccccc3)[C@]2(O)[C@@]1(C)F. The molecule has 1 aromatic carbocycles. The van der Waals surface area contributed by atoms with Crippen molar-refractivity contribution in [1.82, 2.24) is 24.6 Å². The largest absolute Gasteiger partial charge is 0.468 e. The van der Waals surface area contributed by atoms with Gasteiger partial charge in [-0.15, -0.1) is 0 Å². The number of methoxy groups -OCH3 is 1. The topological polar surface area (TPSA) is 168 Å². The molecule has 1 aliphatic heterocycles. The van der Waals surface area contributed by atoms with Gasteiger partial charge in [0.1, 0.15) is 11.8 Å². The summed E-state index contributed by atoms with van der Waals surface area (Å²) in [7, 11) is 2.76. The summed E-state index contributed by atoms with van der Waals surface area (Å²) in [5, 5.41) is 16.8. The number of nitrogens with zero attached hydrogens (tertiary/aromatic N) is 4. The van der Waals surface area contributed by atoms with E-state index in [0.29, 0.717) is 0 Å². The van der Waals surface area contributed by atoms with Crippen molar-refractivity contribution in [3.63, 3.8) is 0 Å². The predicted octanol–water partition coefficient (Wildman–Crippen LogP) is 1.96. The van der Waals surface area contributed by atoms with Gasteiger partial charge in [0.25, 0.3) is 5.85 Å². The standard InChI is InChI=1S/C22H26F2N7O6PS/c1-11(16(32)34-4)30-38(39,36-12-8-6-5-7-9-12)37-17-21(33)20(2,23)18(35-22(17,21)24)31-10-27-13-14(26-3)28-19(25)29-15(13)31/h5-11,17-18,33H,1-4H3,(H,30,39)(H3,25,26,28,29)/t11-,17?,18+,20-,21-,22+,38?/m0/s1. The number of esters is 1. The van der Waals surface area contributed by atoms with Gasteiger partial charge in [-0.05, 0) is 37.8 Å². The lowest BCUT2D eigenvalue weighted by molar-refractivity contribution is -0.155. The number of halogens is 2. The van der Waals surface area contributed by atoms with E-state index >= 15 is 8.78 Å². The zero-order chi connectivity index (χ0) is 28.4. The van der Waals surface area contributed by atoms with Gasteiger partial charge in [0, 0.05) is 7.05 Å². The maximum atomic E-state index is 16.4. The van der Waals surface area contributed by atoms with Gasteiger partial charge in [0.15, 0.2) is 40.6 Å². The molecule has 5 N–H and O–H groups in total. The fourth-order valence-corrected chi connectivity index (χ4v) is 7.31. The number of aromatic nitrogens is 4. The van der Waals surface area contributed by atoms with Crippen molar-refractivity contribution in [2.24, 2.45) is 0 Å². The second kappa shape index (κ2) is 9.28. The van der Waals surface area contributed by atoms with E-state index in [1.807, 2.05) is 0 Å². The van der Waals surface area contributed by atoms with Gasteiger partial charge in [-0.1, -0.05) is 18.2 Å². The van der Waals surface area contributed by atoms with Crippen molar-refractivity contribution < 1.29 is 37.2 Å². The molecule has 3 aromatic rings. The van der Waals surface area contributed by atoms with Gasteiger partial charge in [0.2, 0.25) is 5.95 Å². The highest BCUT2D eigenvalue weighted by Crippen LogP contribution is 2.73. The summed E-state index contributed by atoms with van der Waals surface area (Å²) in [6, 6.07) is 7.13. The fraction of sp³-hybridized carbons (Fsp3) is 0.455. The number of ether oxygens (including phenoxy) is 2. The Bertz CT molecular complexity index is 1480.